The zero-order valence-corrected chi connectivity index (χ0v) is 18.3. The second kappa shape index (κ2) is 8.80. The van der Waals surface area contributed by atoms with Gasteiger partial charge in [-0.3, -0.25) is 0 Å². The van der Waals surface area contributed by atoms with E-state index < -0.39 is 0 Å². The smallest absolute Gasteiger partial charge is 0.124 e. The third kappa shape index (κ3) is 4.77. The highest BCUT2D eigenvalue weighted by Crippen LogP contribution is 2.32. The van der Waals surface area contributed by atoms with E-state index in [1.165, 1.54) is 0 Å². The molecule has 30 heavy (non-hydrogen) atoms. The molecule has 4 heteroatoms. The first-order valence-electron chi connectivity index (χ1n) is 10.1. The molecule has 4 nitrogen and oxygen atoms in total. The Kier molecular flexibility index (Phi) is 6.37. The zero-order chi connectivity index (χ0) is 22.0. The Morgan fingerprint density at radius 2 is 0.900 bits per heavy atom. The molecule has 0 aliphatic heterocycles. The van der Waals surface area contributed by atoms with Crippen LogP contribution in [0.3, 0.4) is 0 Å². The predicted octanol–water partition coefficient (Wildman–Crippen LogP) is 5.65. The lowest BCUT2D eigenvalue weighted by Gasteiger charge is -2.15. The number of aryl methyl sites for hydroxylation is 5. The fraction of sp³-hybridized carbons (Fsp3) is 0.308. The van der Waals surface area contributed by atoms with Gasteiger partial charge < -0.3 is 20.1 Å². The Labute approximate surface area is 178 Å². The van der Waals surface area contributed by atoms with Crippen LogP contribution >= 0.6 is 0 Å². The van der Waals surface area contributed by atoms with Crippen LogP contribution < -0.4 is 0 Å². The average molecular weight is 407 g/mol. The fourth-order valence-electron chi connectivity index (χ4n) is 4.00. The minimum Gasteiger partial charge on any atom is -0.507 e. The zero-order valence-electron chi connectivity index (χ0n) is 18.3. The van der Waals surface area contributed by atoms with Crippen LogP contribution in [0.25, 0.3) is 0 Å². The molecule has 0 bridgehead atoms. The minimum atomic E-state index is 0.184. The van der Waals surface area contributed by atoms with E-state index in [0.717, 1.165) is 44.5 Å². The van der Waals surface area contributed by atoms with Gasteiger partial charge in [0.2, 0.25) is 0 Å². The van der Waals surface area contributed by atoms with Gasteiger partial charge in [-0.15, -0.1) is 0 Å². The summed E-state index contributed by atoms with van der Waals surface area (Å²) in [5.74, 6) is 0.702. The van der Waals surface area contributed by atoms with Gasteiger partial charge in [0.1, 0.15) is 17.2 Å². The maximum Gasteiger partial charge on any atom is 0.124 e. The third-order valence-corrected chi connectivity index (χ3v) is 5.36. The standard InChI is InChI=1S/C26H30O4/c1-15-6-18(4)24(27)20(8-15)12-21-9-17(3)11-23(26(21)29)14-30-13-22-10-16(2)7-19(5)25(22)28/h6-11,27-29H,12-14H2,1-5H3. The summed E-state index contributed by atoms with van der Waals surface area (Å²) in [5, 5.41) is 31.5. The molecule has 0 fully saturated rings. The molecule has 0 unspecified atom stereocenters. The summed E-state index contributed by atoms with van der Waals surface area (Å²) in [6, 6.07) is 11.6. The summed E-state index contributed by atoms with van der Waals surface area (Å²) >= 11 is 0. The van der Waals surface area contributed by atoms with Crippen LogP contribution in [0.4, 0.5) is 0 Å². The molecular formula is C26H30O4. The summed E-state index contributed by atoms with van der Waals surface area (Å²) < 4.78 is 5.83. The highest BCUT2D eigenvalue weighted by Gasteiger charge is 2.14. The van der Waals surface area contributed by atoms with Crippen molar-refractivity contribution in [1.29, 1.82) is 0 Å². The van der Waals surface area contributed by atoms with Crippen LogP contribution in [0.1, 0.15) is 50.1 Å². The van der Waals surface area contributed by atoms with Crippen LogP contribution in [0.15, 0.2) is 36.4 Å². The topological polar surface area (TPSA) is 69.9 Å². The van der Waals surface area contributed by atoms with Crippen LogP contribution in [0.5, 0.6) is 17.2 Å². The Morgan fingerprint density at radius 3 is 1.43 bits per heavy atom. The van der Waals surface area contributed by atoms with Crippen molar-refractivity contribution in [3.8, 4) is 17.2 Å². The molecule has 3 rings (SSSR count). The molecule has 0 aliphatic carbocycles. The maximum absolute atomic E-state index is 10.8. The lowest BCUT2D eigenvalue weighted by Crippen LogP contribution is -2.00. The van der Waals surface area contributed by atoms with Gasteiger partial charge >= 0.3 is 0 Å². The first-order chi connectivity index (χ1) is 14.2. The summed E-state index contributed by atoms with van der Waals surface area (Å²) in [6.07, 6.45) is 0.437. The van der Waals surface area contributed by atoms with Gasteiger partial charge in [-0.05, 0) is 56.9 Å². The summed E-state index contributed by atoms with van der Waals surface area (Å²) in [6.45, 7) is 10.2. The van der Waals surface area contributed by atoms with E-state index in [9.17, 15) is 15.3 Å². The Bertz CT molecular complexity index is 1080. The number of phenols is 3. The lowest BCUT2D eigenvalue weighted by atomic mass is 9.96. The second-order valence-corrected chi connectivity index (χ2v) is 8.28. The van der Waals surface area contributed by atoms with Crippen LogP contribution in [-0.2, 0) is 24.4 Å². The number of hydrogen-bond donors (Lipinski definition) is 3. The van der Waals surface area contributed by atoms with Gasteiger partial charge in [0.05, 0.1) is 13.2 Å². The molecule has 3 N–H and O–H groups in total. The van der Waals surface area contributed by atoms with Crippen molar-refractivity contribution in [3.05, 3.63) is 86.5 Å². The largest absolute Gasteiger partial charge is 0.507 e. The molecule has 0 aromatic heterocycles. The monoisotopic (exact) mass is 406 g/mol. The fourth-order valence-corrected chi connectivity index (χ4v) is 4.00. The van der Waals surface area contributed by atoms with E-state index >= 15 is 0 Å². The third-order valence-electron chi connectivity index (χ3n) is 5.36. The molecule has 0 saturated carbocycles. The summed E-state index contributed by atoms with van der Waals surface area (Å²) in [7, 11) is 0. The number of rotatable bonds is 6. The molecule has 0 aliphatic rings. The molecule has 0 atom stereocenters. The first kappa shape index (κ1) is 21.7. The molecular weight excluding hydrogens is 376 g/mol. The molecule has 0 heterocycles. The Morgan fingerprint density at radius 1 is 0.533 bits per heavy atom. The van der Waals surface area contributed by atoms with Crippen LogP contribution in [0, 0.1) is 34.6 Å². The lowest BCUT2D eigenvalue weighted by molar-refractivity contribution is 0.103. The van der Waals surface area contributed by atoms with E-state index in [-0.39, 0.29) is 30.5 Å². The average Bonchev–Trinajstić information content (AvgIpc) is 2.66. The van der Waals surface area contributed by atoms with Crippen LogP contribution in [0.2, 0.25) is 0 Å². The van der Waals surface area contributed by atoms with Gasteiger partial charge in [0.25, 0.3) is 0 Å². The van der Waals surface area contributed by atoms with Gasteiger partial charge in [0.15, 0.2) is 0 Å². The van der Waals surface area contributed by atoms with Gasteiger partial charge in [-0.2, -0.15) is 0 Å². The van der Waals surface area contributed by atoms with E-state index in [1.54, 1.807) is 0 Å². The Balaban J connectivity index is 1.80. The number of ether oxygens (including phenoxy) is 1. The molecule has 3 aromatic carbocycles. The predicted molar refractivity (Wildman–Crippen MR) is 119 cm³/mol. The number of phenolic OH excluding ortho intramolecular Hbond substituents is 3. The summed E-state index contributed by atoms with van der Waals surface area (Å²) in [4.78, 5) is 0. The molecule has 0 radical (unpaired) electrons. The number of aromatic hydroxyl groups is 3. The normalized spacial score (nSPS) is 11.1. The van der Waals surface area contributed by atoms with Gasteiger partial charge in [0, 0.05) is 17.5 Å². The van der Waals surface area contributed by atoms with Crippen molar-refractivity contribution in [3.63, 3.8) is 0 Å². The summed E-state index contributed by atoms with van der Waals surface area (Å²) in [5.41, 5.74) is 7.78. The molecule has 3 aromatic rings. The van der Waals surface area contributed by atoms with E-state index in [0.29, 0.717) is 12.0 Å². The molecule has 0 spiro atoms. The van der Waals surface area contributed by atoms with Gasteiger partial charge in [-0.25, -0.2) is 0 Å². The molecule has 0 saturated heterocycles. The molecule has 158 valence electrons. The maximum atomic E-state index is 10.8. The van der Waals surface area contributed by atoms with E-state index in [4.69, 9.17) is 4.74 Å². The van der Waals surface area contributed by atoms with Crippen molar-refractivity contribution < 1.29 is 20.1 Å². The first-order valence-corrected chi connectivity index (χ1v) is 10.1. The second-order valence-electron chi connectivity index (χ2n) is 8.28. The van der Waals surface area contributed by atoms with Gasteiger partial charge in [-0.1, -0.05) is 53.1 Å². The molecule has 0 amide bonds. The highest BCUT2D eigenvalue weighted by molar-refractivity contribution is 5.50. The van der Waals surface area contributed by atoms with Crippen molar-refractivity contribution >= 4 is 0 Å². The quantitative estimate of drug-likeness (QED) is 0.494. The SMILES string of the molecule is Cc1cc(C)c(O)c(COCc2cc(C)cc(Cc3cc(C)cc(C)c3O)c2O)c1. The number of hydrogen-bond acceptors (Lipinski definition) is 4. The number of benzene rings is 3. The van der Waals surface area contributed by atoms with Crippen molar-refractivity contribution in [2.24, 2.45) is 0 Å². The minimum absolute atomic E-state index is 0.184. The van der Waals surface area contributed by atoms with Crippen molar-refractivity contribution in [1.82, 2.24) is 0 Å². The Hall–Kier alpha value is -2.98. The van der Waals surface area contributed by atoms with Crippen molar-refractivity contribution in [2.75, 3.05) is 0 Å². The van der Waals surface area contributed by atoms with E-state index in [1.807, 2.05) is 71.0 Å². The van der Waals surface area contributed by atoms with Crippen LogP contribution in [-0.4, -0.2) is 15.3 Å². The highest BCUT2D eigenvalue weighted by atomic mass is 16.5. The van der Waals surface area contributed by atoms with E-state index in [2.05, 4.69) is 0 Å². The van der Waals surface area contributed by atoms with Crippen molar-refractivity contribution in [2.45, 2.75) is 54.3 Å².